The number of fused-ring (bicyclic) bond motifs is 1. The van der Waals surface area contributed by atoms with E-state index < -0.39 is 0 Å². The Bertz CT molecular complexity index is 1330. The average Bonchev–Trinajstić information content (AvgIpc) is 2.83. The van der Waals surface area contributed by atoms with Crippen molar-refractivity contribution in [3.05, 3.63) is 82.9 Å². The summed E-state index contributed by atoms with van der Waals surface area (Å²) in [5.41, 5.74) is 3.61. The zero-order chi connectivity index (χ0) is 22.5. The lowest BCUT2D eigenvalue weighted by Gasteiger charge is -2.20. The molecule has 160 valence electrons. The number of benzene rings is 2. The molecule has 0 saturated heterocycles. The first-order valence-corrected chi connectivity index (χ1v) is 10.4. The van der Waals surface area contributed by atoms with Crippen LogP contribution >= 0.6 is 0 Å². The molecule has 1 atom stereocenters. The molecular weight excluding hydrogens is 400 g/mol. The highest BCUT2D eigenvalue weighted by Crippen LogP contribution is 2.28. The summed E-state index contributed by atoms with van der Waals surface area (Å²) in [6, 6.07) is 17.9. The SMILES string of the molecule is CC#CCC(C)c1ccc(N(C)c2ccc(Oc3nc4cnccc4c(=O)[nH]3)cc2)cc1. The van der Waals surface area contributed by atoms with Crippen LogP contribution in [0.2, 0.25) is 0 Å². The maximum absolute atomic E-state index is 12.2. The van der Waals surface area contributed by atoms with Crippen LogP contribution in [0.3, 0.4) is 0 Å². The molecule has 0 bridgehead atoms. The second-order valence-electron chi connectivity index (χ2n) is 7.54. The van der Waals surface area contributed by atoms with Crippen molar-refractivity contribution < 1.29 is 4.74 Å². The number of rotatable bonds is 6. The third-order valence-electron chi connectivity index (χ3n) is 5.36. The molecule has 4 rings (SSSR count). The fourth-order valence-electron chi connectivity index (χ4n) is 3.42. The lowest BCUT2D eigenvalue weighted by Crippen LogP contribution is -2.10. The van der Waals surface area contributed by atoms with Gasteiger partial charge in [0.1, 0.15) is 5.75 Å². The van der Waals surface area contributed by atoms with Crippen LogP contribution in [-0.4, -0.2) is 22.0 Å². The Morgan fingerprint density at radius 2 is 1.75 bits per heavy atom. The predicted molar refractivity (Wildman–Crippen MR) is 128 cm³/mol. The van der Waals surface area contributed by atoms with E-state index in [2.05, 4.69) is 62.9 Å². The van der Waals surface area contributed by atoms with Crippen LogP contribution in [0.5, 0.6) is 11.8 Å². The third-order valence-corrected chi connectivity index (χ3v) is 5.36. The van der Waals surface area contributed by atoms with Crippen molar-refractivity contribution in [1.82, 2.24) is 15.0 Å². The molecule has 6 nitrogen and oxygen atoms in total. The number of ether oxygens (including phenoxy) is 1. The van der Waals surface area contributed by atoms with E-state index in [4.69, 9.17) is 4.74 Å². The summed E-state index contributed by atoms with van der Waals surface area (Å²) in [6.45, 7) is 4.06. The number of aromatic nitrogens is 3. The fourth-order valence-corrected chi connectivity index (χ4v) is 3.42. The molecule has 1 unspecified atom stereocenters. The number of nitrogens with one attached hydrogen (secondary N) is 1. The molecule has 2 aromatic heterocycles. The molecule has 0 saturated carbocycles. The molecule has 0 spiro atoms. The molecule has 32 heavy (non-hydrogen) atoms. The van der Waals surface area contributed by atoms with E-state index in [0.29, 0.717) is 22.6 Å². The molecular formula is C26H24N4O2. The molecule has 0 aliphatic heterocycles. The summed E-state index contributed by atoms with van der Waals surface area (Å²) in [6.07, 6.45) is 3.96. The summed E-state index contributed by atoms with van der Waals surface area (Å²) >= 11 is 0. The Kier molecular flexibility index (Phi) is 6.18. The first-order valence-electron chi connectivity index (χ1n) is 10.4. The highest BCUT2D eigenvalue weighted by atomic mass is 16.5. The largest absolute Gasteiger partial charge is 0.426 e. The van der Waals surface area contributed by atoms with Crippen molar-refractivity contribution >= 4 is 22.3 Å². The topological polar surface area (TPSA) is 71.1 Å². The zero-order valence-corrected chi connectivity index (χ0v) is 18.3. The van der Waals surface area contributed by atoms with Gasteiger partial charge in [-0.05, 0) is 60.9 Å². The number of aromatic amines is 1. The highest BCUT2D eigenvalue weighted by molar-refractivity contribution is 5.76. The maximum Gasteiger partial charge on any atom is 0.302 e. The van der Waals surface area contributed by atoms with Crippen LogP contribution in [-0.2, 0) is 0 Å². The Morgan fingerprint density at radius 3 is 2.44 bits per heavy atom. The van der Waals surface area contributed by atoms with Crippen LogP contribution in [0.1, 0.15) is 31.7 Å². The number of hydrogen-bond donors (Lipinski definition) is 1. The van der Waals surface area contributed by atoms with Crippen LogP contribution in [0.25, 0.3) is 10.9 Å². The van der Waals surface area contributed by atoms with E-state index in [0.717, 1.165) is 17.8 Å². The Hall–Kier alpha value is -4.11. The number of nitrogens with zero attached hydrogens (tertiary/aromatic N) is 3. The van der Waals surface area contributed by atoms with E-state index in [1.165, 1.54) is 5.56 Å². The maximum atomic E-state index is 12.2. The average molecular weight is 425 g/mol. The molecule has 4 aromatic rings. The van der Waals surface area contributed by atoms with Crippen molar-refractivity contribution in [3.63, 3.8) is 0 Å². The van der Waals surface area contributed by atoms with Gasteiger partial charge in [-0.2, -0.15) is 4.98 Å². The van der Waals surface area contributed by atoms with Gasteiger partial charge in [0.25, 0.3) is 5.56 Å². The van der Waals surface area contributed by atoms with E-state index in [-0.39, 0.29) is 11.6 Å². The number of pyridine rings is 1. The second-order valence-corrected chi connectivity index (χ2v) is 7.54. The minimum atomic E-state index is -0.261. The standard InChI is InChI=1S/C26H24N4O2/c1-4-5-6-18(2)19-7-9-20(10-8-19)30(3)21-11-13-22(14-12-21)32-26-28-24-17-27-16-15-23(24)25(31)29-26/h7-18H,6H2,1-3H3,(H,28,29,31). The number of H-pyrrole nitrogens is 1. The van der Waals surface area contributed by atoms with Crippen LogP contribution in [0, 0.1) is 11.8 Å². The fraction of sp³-hybridized carbons (Fsp3) is 0.192. The van der Waals surface area contributed by atoms with E-state index in [9.17, 15) is 4.79 Å². The summed E-state index contributed by atoms with van der Waals surface area (Å²) in [5.74, 6) is 7.09. The van der Waals surface area contributed by atoms with Gasteiger partial charge in [0, 0.05) is 31.0 Å². The summed E-state index contributed by atoms with van der Waals surface area (Å²) in [4.78, 5) is 25.3. The quantitative estimate of drug-likeness (QED) is 0.420. The molecule has 0 aliphatic carbocycles. The van der Waals surface area contributed by atoms with Crippen molar-refractivity contribution in [1.29, 1.82) is 0 Å². The van der Waals surface area contributed by atoms with Crippen molar-refractivity contribution in [2.24, 2.45) is 0 Å². The lowest BCUT2D eigenvalue weighted by molar-refractivity contribution is 0.443. The first kappa shape index (κ1) is 21.1. The minimum absolute atomic E-state index is 0.133. The van der Waals surface area contributed by atoms with Crippen molar-refractivity contribution in [2.45, 2.75) is 26.2 Å². The van der Waals surface area contributed by atoms with Gasteiger partial charge < -0.3 is 9.64 Å². The van der Waals surface area contributed by atoms with Crippen LogP contribution < -0.4 is 15.2 Å². The number of hydrogen-bond acceptors (Lipinski definition) is 5. The van der Waals surface area contributed by atoms with E-state index >= 15 is 0 Å². The second kappa shape index (κ2) is 9.36. The van der Waals surface area contributed by atoms with E-state index in [1.54, 1.807) is 18.5 Å². The van der Waals surface area contributed by atoms with Crippen molar-refractivity contribution in [3.8, 4) is 23.6 Å². The summed E-state index contributed by atoms with van der Waals surface area (Å²) < 4.78 is 5.76. The molecule has 0 amide bonds. The van der Waals surface area contributed by atoms with Gasteiger partial charge >= 0.3 is 6.01 Å². The monoisotopic (exact) mass is 424 g/mol. The predicted octanol–water partition coefficient (Wildman–Crippen LogP) is 5.40. The normalized spacial score (nSPS) is 11.5. The first-order chi connectivity index (χ1) is 15.5. The molecule has 1 N–H and O–H groups in total. The van der Waals surface area contributed by atoms with Gasteiger partial charge in [-0.1, -0.05) is 19.1 Å². The lowest BCUT2D eigenvalue weighted by atomic mass is 9.98. The van der Waals surface area contributed by atoms with Crippen LogP contribution in [0.15, 0.2) is 71.8 Å². The summed E-state index contributed by atoms with van der Waals surface area (Å²) in [5, 5.41) is 0.475. The van der Waals surface area contributed by atoms with Gasteiger partial charge in [-0.25, -0.2) is 0 Å². The smallest absolute Gasteiger partial charge is 0.302 e. The van der Waals surface area contributed by atoms with Crippen LogP contribution in [0.4, 0.5) is 11.4 Å². The Morgan fingerprint density at radius 1 is 1.06 bits per heavy atom. The molecule has 0 radical (unpaired) electrons. The Labute approximate surface area is 186 Å². The third kappa shape index (κ3) is 4.62. The van der Waals surface area contributed by atoms with Gasteiger partial charge in [0.15, 0.2) is 0 Å². The van der Waals surface area contributed by atoms with Gasteiger partial charge in [0.2, 0.25) is 0 Å². The van der Waals surface area contributed by atoms with Gasteiger partial charge in [0.05, 0.1) is 17.1 Å². The number of anilines is 2. The molecule has 0 aliphatic rings. The molecule has 0 fully saturated rings. The Balaban J connectivity index is 1.47. The summed E-state index contributed by atoms with van der Waals surface area (Å²) in [7, 11) is 2.02. The molecule has 2 aromatic carbocycles. The van der Waals surface area contributed by atoms with Gasteiger partial charge in [-0.3, -0.25) is 14.8 Å². The minimum Gasteiger partial charge on any atom is -0.426 e. The van der Waals surface area contributed by atoms with Crippen molar-refractivity contribution in [2.75, 3.05) is 11.9 Å². The van der Waals surface area contributed by atoms with Gasteiger partial charge in [-0.15, -0.1) is 11.8 Å². The highest BCUT2D eigenvalue weighted by Gasteiger charge is 2.09. The molecule has 2 heterocycles. The van der Waals surface area contributed by atoms with E-state index in [1.807, 2.05) is 38.2 Å². The molecule has 6 heteroatoms. The zero-order valence-electron chi connectivity index (χ0n) is 18.3.